The first-order valence-corrected chi connectivity index (χ1v) is 4.28. The lowest BCUT2D eigenvalue weighted by atomic mass is 10.2. The second kappa shape index (κ2) is 5.36. The van der Waals surface area contributed by atoms with E-state index >= 15 is 0 Å². The zero-order valence-electron chi connectivity index (χ0n) is 6.68. The molecule has 10 heavy (non-hydrogen) atoms. The van der Waals surface area contributed by atoms with Crippen molar-refractivity contribution in [3.63, 3.8) is 0 Å². The van der Waals surface area contributed by atoms with E-state index < -0.39 is 0 Å². The molecule has 1 heteroatoms. The van der Waals surface area contributed by atoms with Crippen molar-refractivity contribution in [1.29, 1.82) is 0 Å². The van der Waals surface area contributed by atoms with Crippen molar-refractivity contribution in [1.82, 2.24) is 0 Å². The molecule has 0 aliphatic heterocycles. The molecule has 0 bridgehead atoms. The third-order valence-electron chi connectivity index (χ3n) is 1.15. The molecule has 0 saturated heterocycles. The van der Waals surface area contributed by atoms with Crippen LogP contribution in [0, 0.1) is 0 Å². The van der Waals surface area contributed by atoms with Crippen LogP contribution in [0.25, 0.3) is 0 Å². The van der Waals surface area contributed by atoms with Crippen molar-refractivity contribution in [2.24, 2.45) is 0 Å². The maximum Gasteiger partial charge on any atom is 0.0152 e. The molecule has 0 heterocycles. The summed E-state index contributed by atoms with van der Waals surface area (Å²) in [5.74, 6) is 0.977. The minimum Gasteiger partial charge on any atom is -0.130 e. The molecule has 0 aromatic rings. The average molecular weight is 154 g/mol. The van der Waals surface area contributed by atoms with Gasteiger partial charge in [-0.15, -0.1) is 18.3 Å². The number of thioether (sulfide) groups is 1. The van der Waals surface area contributed by atoms with Crippen molar-refractivity contribution >= 4 is 11.8 Å². The first kappa shape index (κ1) is 9.57. The second-order valence-electron chi connectivity index (χ2n) is 2.20. The van der Waals surface area contributed by atoms with Gasteiger partial charge in [0.25, 0.3) is 0 Å². The van der Waals surface area contributed by atoms with E-state index in [1.54, 1.807) is 11.8 Å². The third-order valence-corrected chi connectivity index (χ3v) is 2.10. The zero-order chi connectivity index (χ0) is 7.98. The molecule has 0 aromatic heterocycles. The van der Waals surface area contributed by atoms with Gasteiger partial charge in [-0.2, -0.15) is 0 Å². The first-order valence-electron chi connectivity index (χ1n) is 3.23. The fourth-order valence-electron chi connectivity index (χ4n) is 0.342. The molecule has 0 spiro atoms. The van der Waals surface area contributed by atoms with Gasteiger partial charge in [-0.1, -0.05) is 18.2 Å². The molecule has 0 aliphatic rings. The van der Waals surface area contributed by atoms with Gasteiger partial charge in [-0.3, -0.25) is 0 Å². The van der Waals surface area contributed by atoms with Crippen LogP contribution < -0.4 is 0 Å². The Morgan fingerprint density at radius 3 is 2.50 bits per heavy atom. The minimum atomic E-state index is 0.977. The molecule has 0 unspecified atom stereocenters. The zero-order valence-corrected chi connectivity index (χ0v) is 7.50. The second-order valence-corrected chi connectivity index (χ2v) is 3.11. The molecule has 0 radical (unpaired) electrons. The summed E-state index contributed by atoms with van der Waals surface area (Å²) < 4.78 is 0. The molecule has 0 nitrogen and oxygen atoms in total. The number of rotatable bonds is 4. The van der Waals surface area contributed by atoms with Crippen molar-refractivity contribution in [2.75, 3.05) is 5.75 Å². The predicted molar refractivity (Wildman–Crippen MR) is 51.2 cm³/mol. The lowest BCUT2D eigenvalue weighted by Crippen LogP contribution is -1.74. The Morgan fingerprint density at radius 1 is 1.50 bits per heavy atom. The fraction of sp³-hybridized carbons (Fsp3) is 0.333. The van der Waals surface area contributed by atoms with Crippen molar-refractivity contribution in [2.45, 2.75) is 13.8 Å². The summed E-state index contributed by atoms with van der Waals surface area (Å²) in [6.07, 6.45) is 1.90. The first-order chi connectivity index (χ1) is 4.68. The lowest BCUT2D eigenvalue weighted by Gasteiger charge is -1.96. The molecule has 0 atom stereocenters. The molecular weight excluding hydrogens is 140 g/mol. The predicted octanol–water partition coefficient (Wildman–Crippen LogP) is 3.39. The lowest BCUT2D eigenvalue weighted by molar-refractivity contribution is 1.38. The third kappa shape index (κ3) is 4.45. The minimum absolute atomic E-state index is 0.977. The molecular formula is C9H14S. The van der Waals surface area contributed by atoms with Gasteiger partial charge in [0, 0.05) is 5.75 Å². The van der Waals surface area contributed by atoms with E-state index in [-0.39, 0.29) is 0 Å². The van der Waals surface area contributed by atoms with Crippen molar-refractivity contribution in [3.05, 3.63) is 35.8 Å². The molecule has 0 aromatic carbocycles. The quantitative estimate of drug-likeness (QED) is 0.340. The van der Waals surface area contributed by atoms with Crippen LogP contribution in [0.4, 0.5) is 0 Å². The van der Waals surface area contributed by atoms with Crippen LogP contribution in [0.15, 0.2) is 35.8 Å². The highest BCUT2D eigenvalue weighted by molar-refractivity contribution is 8.02. The highest BCUT2D eigenvalue weighted by Crippen LogP contribution is 2.12. The van der Waals surface area contributed by atoms with Crippen LogP contribution in [0.5, 0.6) is 0 Å². The van der Waals surface area contributed by atoms with E-state index in [4.69, 9.17) is 0 Å². The SMILES string of the molecule is C=CCS/C=C(\C)C(=C)C. The molecule has 0 saturated carbocycles. The molecule has 0 fully saturated rings. The van der Waals surface area contributed by atoms with Crippen LogP contribution in [0.3, 0.4) is 0 Å². The Balaban J connectivity index is 3.68. The van der Waals surface area contributed by atoms with E-state index in [9.17, 15) is 0 Å². The van der Waals surface area contributed by atoms with E-state index in [1.807, 2.05) is 13.0 Å². The molecule has 0 rings (SSSR count). The maximum absolute atomic E-state index is 3.83. The van der Waals surface area contributed by atoms with Crippen molar-refractivity contribution in [3.8, 4) is 0 Å². The highest BCUT2D eigenvalue weighted by Gasteiger charge is 1.86. The Labute approximate surface area is 67.7 Å². The van der Waals surface area contributed by atoms with Crippen LogP contribution in [0.2, 0.25) is 0 Å². The molecule has 0 amide bonds. The van der Waals surface area contributed by atoms with Gasteiger partial charge in [0.2, 0.25) is 0 Å². The van der Waals surface area contributed by atoms with Gasteiger partial charge < -0.3 is 0 Å². The summed E-state index contributed by atoms with van der Waals surface area (Å²) in [5, 5.41) is 2.12. The van der Waals surface area contributed by atoms with Gasteiger partial charge in [-0.05, 0) is 24.8 Å². The van der Waals surface area contributed by atoms with Crippen LogP contribution in [-0.4, -0.2) is 5.75 Å². The summed E-state index contributed by atoms with van der Waals surface area (Å²) in [6.45, 7) is 11.5. The molecule has 0 N–H and O–H groups in total. The number of hydrogen-bond acceptors (Lipinski definition) is 1. The van der Waals surface area contributed by atoms with Crippen LogP contribution in [-0.2, 0) is 0 Å². The summed E-state index contributed by atoms with van der Waals surface area (Å²) in [6, 6.07) is 0. The summed E-state index contributed by atoms with van der Waals surface area (Å²) in [7, 11) is 0. The van der Waals surface area contributed by atoms with Gasteiger partial charge in [0.15, 0.2) is 0 Å². The van der Waals surface area contributed by atoms with Gasteiger partial charge in [0.05, 0.1) is 0 Å². The smallest absolute Gasteiger partial charge is 0.0152 e. The van der Waals surface area contributed by atoms with Crippen LogP contribution in [0.1, 0.15) is 13.8 Å². The Hall–Kier alpha value is -0.430. The topological polar surface area (TPSA) is 0 Å². The maximum atomic E-state index is 3.83. The van der Waals surface area contributed by atoms with E-state index in [0.29, 0.717) is 0 Å². The Bertz CT molecular complexity index is 154. The summed E-state index contributed by atoms with van der Waals surface area (Å²) in [5.41, 5.74) is 2.39. The van der Waals surface area contributed by atoms with Gasteiger partial charge >= 0.3 is 0 Å². The normalized spacial score (nSPS) is 11.2. The largest absolute Gasteiger partial charge is 0.130 e. The monoisotopic (exact) mass is 154 g/mol. The average Bonchev–Trinajstić information content (AvgIpc) is 1.88. The fourth-order valence-corrected chi connectivity index (χ4v) is 1.03. The highest BCUT2D eigenvalue weighted by atomic mass is 32.2. The number of allylic oxidation sites excluding steroid dienone is 2. The van der Waals surface area contributed by atoms with E-state index in [1.165, 1.54) is 5.57 Å². The Morgan fingerprint density at radius 2 is 2.10 bits per heavy atom. The Kier molecular flexibility index (Phi) is 5.13. The number of hydrogen-bond donors (Lipinski definition) is 0. The van der Waals surface area contributed by atoms with Gasteiger partial charge in [-0.25, -0.2) is 0 Å². The standard InChI is InChI=1S/C9H14S/c1-5-6-10-7-9(4)8(2)3/h5,7H,1-2,6H2,3-4H3/b9-7+. The van der Waals surface area contributed by atoms with Gasteiger partial charge in [0.1, 0.15) is 0 Å². The summed E-state index contributed by atoms with van der Waals surface area (Å²) in [4.78, 5) is 0. The van der Waals surface area contributed by atoms with E-state index in [2.05, 4.69) is 25.5 Å². The summed E-state index contributed by atoms with van der Waals surface area (Å²) >= 11 is 1.75. The van der Waals surface area contributed by atoms with E-state index in [0.717, 1.165) is 11.3 Å². The van der Waals surface area contributed by atoms with Crippen molar-refractivity contribution < 1.29 is 0 Å². The van der Waals surface area contributed by atoms with Crippen LogP contribution >= 0.6 is 11.8 Å². The molecule has 56 valence electrons. The molecule has 0 aliphatic carbocycles.